The fourth-order valence-electron chi connectivity index (χ4n) is 3.63. The SMILES string of the molecule is C.COCCCCCC(=O)CCCCCCC(C)=O.O=C1CCCCCN1.O=C1CCCCCO1. The van der Waals surface area contributed by atoms with Gasteiger partial charge in [0.15, 0.2) is 0 Å². The number of nitrogens with one attached hydrogen (secondary N) is 1. The van der Waals surface area contributed by atoms with Gasteiger partial charge in [-0.2, -0.15) is 0 Å². The average molecular weight is 500 g/mol. The number of rotatable bonds is 13. The maximum atomic E-state index is 11.5. The maximum absolute atomic E-state index is 11.5. The number of hydrogen-bond donors (Lipinski definition) is 1. The van der Waals surface area contributed by atoms with E-state index in [1.165, 1.54) is 6.42 Å². The lowest BCUT2D eigenvalue weighted by Gasteiger charge is -2.02. The Bertz CT molecular complexity index is 506. The van der Waals surface area contributed by atoms with E-state index in [1.54, 1.807) is 14.0 Å². The van der Waals surface area contributed by atoms with E-state index in [4.69, 9.17) is 9.47 Å². The molecule has 0 saturated carbocycles. The van der Waals surface area contributed by atoms with E-state index in [1.807, 2.05) is 0 Å². The Morgan fingerprint density at radius 2 is 1.40 bits per heavy atom. The van der Waals surface area contributed by atoms with Crippen molar-refractivity contribution >= 4 is 23.4 Å². The van der Waals surface area contributed by atoms with Crippen LogP contribution in [-0.4, -0.2) is 50.3 Å². The Balaban J connectivity index is 0. The van der Waals surface area contributed by atoms with Gasteiger partial charge in [-0.05, 0) is 64.7 Å². The molecule has 35 heavy (non-hydrogen) atoms. The first-order chi connectivity index (χ1) is 16.5. The summed E-state index contributed by atoms with van der Waals surface area (Å²) in [6, 6.07) is 0. The second kappa shape index (κ2) is 26.8. The molecule has 1 N–H and O–H groups in total. The number of amides is 1. The zero-order valence-corrected chi connectivity index (χ0v) is 21.8. The molecule has 7 heteroatoms. The van der Waals surface area contributed by atoms with E-state index >= 15 is 0 Å². The van der Waals surface area contributed by atoms with Gasteiger partial charge in [0.2, 0.25) is 5.91 Å². The molecular formula is C28H53NO6. The fraction of sp³-hybridized carbons (Fsp3) is 0.857. The van der Waals surface area contributed by atoms with Crippen LogP contribution >= 0.6 is 0 Å². The second-order valence-corrected chi connectivity index (χ2v) is 9.15. The van der Waals surface area contributed by atoms with E-state index < -0.39 is 0 Å². The van der Waals surface area contributed by atoms with Gasteiger partial charge in [0.1, 0.15) is 11.6 Å². The third-order valence-electron chi connectivity index (χ3n) is 5.73. The number of Topliss-reactive ketones (excluding diaryl/α,β-unsaturated/α-hetero) is 2. The minimum atomic E-state index is -0.0255. The summed E-state index contributed by atoms with van der Waals surface area (Å²) in [5.74, 6) is 0.853. The predicted molar refractivity (Wildman–Crippen MR) is 141 cm³/mol. The van der Waals surface area contributed by atoms with Crippen molar-refractivity contribution in [3.05, 3.63) is 0 Å². The van der Waals surface area contributed by atoms with E-state index in [9.17, 15) is 19.2 Å². The molecular weight excluding hydrogens is 446 g/mol. The van der Waals surface area contributed by atoms with E-state index in [0.29, 0.717) is 31.7 Å². The number of carbonyl (C=O) groups is 4. The number of ketones is 2. The Morgan fingerprint density at radius 1 is 0.800 bits per heavy atom. The largest absolute Gasteiger partial charge is 0.466 e. The summed E-state index contributed by atoms with van der Waals surface area (Å²) in [6.45, 7) is 3.95. The molecule has 0 spiro atoms. The molecule has 2 aliphatic heterocycles. The Hall–Kier alpha value is -1.76. The van der Waals surface area contributed by atoms with Crippen LogP contribution in [0.3, 0.4) is 0 Å². The van der Waals surface area contributed by atoms with Gasteiger partial charge in [-0.15, -0.1) is 0 Å². The molecule has 0 aromatic rings. The topological polar surface area (TPSA) is 98.8 Å². The minimum Gasteiger partial charge on any atom is -0.466 e. The number of hydrogen-bond acceptors (Lipinski definition) is 6. The molecule has 0 aliphatic carbocycles. The average Bonchev–Trinajstić information content (AvgIpc) is 3.20. The first-order valence-electron chi connectivity index (χ1n) is 13.4. The number of methoxy groups -OCH3 is 1. The lowest BCUT2D eigenvalue weighted by Crippen LogP contribution is -2.21. The zero-order valence-electron chi connectivity index (χ0n) is 21.8. The lowest BCUT2D eigenvalue weighted by molar-refractivity contribution is -0.142. The van der Waals surface area contributed by atoms with Gasteiger partial charge in [0.05, 0.1) is 6.61 Å². The lowest BCUT2D eigenvalue weighted by atomic mass is 10.0. The van der Waals surface area contributed by atoms with Crippen molar-refractivity contribution in [2.24, 2.45) is 0 Å². The first kappa shape index (κ1) is 35.4. The Morgan fingerprint density at radius 3 is 2.06 bits per heavy atom. The molecule has 206 valence electrons. The molecule has 0 aromatic heterocycles. The molecule has 2 fully saturated rings. The van der Waals surface area contributed by atoms with Gasteiger partial charge in [0.25, 0.3) is 0 Å². The number of carbonyl (C=O) groups excluding carboxylic acids is 4. The van der Waals surface area contributed by atoms with Crippen molar-refractivity contribution in [2.75, 3.05) is 26.9 Å². The predicted octanol–water partition coefficient (Wildman–Crippen LogP) is 6.11. The molecule has 0 atom stereocenters. The third-order valence-corrected chi connectivity index (χ3v) is 5.73. The fourth-order valence-corrected chi connectivity index (χ4v) is 3.63. The van der Waals surface area contributed by atoms with Gasteiger partial charge < -0.3 is 19.6 Å². The smallest absolute Gasteiger partial charge is 0.305 e. The third kappa shape index (κ3) is 28.4. The minimum absolute atomic E-state index is 0. The van der Waals surface area contributed by atoms with Crippen LogP contribution in [0.1, 0.15) is 130 Å². The normalized spacial score (nSPS) is 15.4. The maximum Gasteiger partial charge on any atom is 0.305 e. The van der Waals surface area contributed by atoms with Crippen LogP contribution in [0.4, 0.5) is 0 Å². The monoisotopic (exact) mass is 499 g/mol. The highest BCUT2D eigenvalue weighted by Gasteiger charge is 2.06. The molecule has 2 rings (SSSR count). The highest BCUT2D eigenvalue weighted by atomic mass is 16.5. The highest BCUT2D eigenvalue weighted by molar-refractivity contribution is 5.78. The van der Waals surface area contributed by atoms with E-state index in [2.05, 4.69) is 5.32 Å². The quantitative estimate of drug-likeness (QED) is 0.242. The highest BCUT2D eigenvalue weighted by Crippen LogP contribution is 2.09. The molecule has 0 bridgehead atoms. The Kier molecular flexibility index (Phi) is 27.1. The van der Waals surface area contributed by atoms with Gasteiger partial charge >= 0.3 is 5.97 Å². The van der Waals surface area contributed by atoms with Crippen LogP contribution in [0.2, 0.25) is 0 Å². The molecule has 1 amide bonds. The van der Waals surface area contributed by atoms with E-state index in [0.717, 1.165) is 103 Å². The molecule has 2 heterocycles. The van der Waals surface area contributed by atoms with Crippen LogP contribution in [0.15, 0.2) is 0 Å². The molecule has 0 radical (unpaired) electrons. The summed E-state index contributed by atoms with van der Waals surface area (Å²) >= 11 is 0. The number of unbranched alkanes of at least 4 members (excludes halogenated alkanes) is 5. The summed E-state index contributed by atoms with van der Waals surface area (Å²) < 4.78 is 9.72. The zero-order chi connectivity index (χ0) is 25.3. The van der Waals surface area contributed by atoms with Crippen molar-refractivity contribution < 1.29 is 28.7 Å². The van der Waals surface area contributed by atoms with Crippen molar-refractivity contribution in [3.8, 4) is 0 Å². The molecule has 2 aliphatic rings. The summed E-state index contributed by atoms with van der Waals surface area (Å²) in [5, 5.41) is 2.81. The number of cyclic esters (lactones) is 1. The Labute approximate surface area is 214 Å². The van der Waals surface area contributed by atoms with Gasteiger partial charge in [-0.25, -0.2) is 0 Å². The molecule has 0 aromatic carbocycles. The molecule has 0 unspecified atom stereocenters. The van der Waals surface area contributed by atoms with Crippen molar-refractivity contribution in [1.82, 2.24) is 5.32 Å². The van der Waals surface area contributed by atoms with Crippen molar-refractivity contribution in [2.45, 2.75) is 130 Å². The van der Waals surface area contributed by atoms with Crippen LogP contribution in [0.25, 0.3) is 0 Å². The number of ether oxygens (including phenoxy) is 2. The van der Waals surface area contributed by atoms with Crippen LogP contribution in [0.5, 0.6) is 0 Å². The standard InChI is InChI=1S/C15H28O3.C6H11NO.C6H10O2.CH4/c1-14(16)10-6-3-4-7-11-15(17)12-8-5-9-13-18-2;8-6-4-2-1-3-5-7-6;7-6-4-2-1-3-5-8-6;/h3-13H2,1-2H3;1-5H2,(H,7,8);1-5H2;1H4. The molecule has 7 nitrogen and oxygen atoms in total. The summed E-state index contributed by atoms with van der Waals surface area (Å²) in [4.78, 5) is 43.3. The van der Waals surface area contributed by atoms with Crippen LogP contribution in [0, 0.1) is 0 Å². The summed E-state index contributed by atoms with van der Waals surface area (Å²) in [5.41, 5.74) is 0. The first-order valence-corrected chi connectivity index (χ1v) is 13.4. The van der Waals surface area contributed by atoms with E-state index in [-0.39, 0.29) is 25.1 Å². The second-order valence-electron chi connectivity index (χ2n) is 9.15. The van der Waals surface area contributed by atoms with Crippen LogP contribution < -0.4 is 5.32 Å². The van der Waals surface area contributed by atoms with Gasteiger partial charge in [-0.3, -0.25) is 14.4 Å². The van der Waals surface area contributed by atoms with Crippen molar-refractivity contribution in [1.29, 1.82) is 0 Å². The number of esters is 1. The summed E-state index contributed by atoms with van der Waals surface area (Å²) in [6.07, 6.45) is 17.3. The van der Waals surface area contributed by atoms with Gasteiger partial charge in [0, 0.05) is 52.4 Å². The summed E-state index contributed by atoms with van der Waals surface area (Å²) in [7, 11) is 1.71. The van der Waals surface area contributed by atoms with Crippen molar-refractivity contribution in [3.63, 3.8) is 0 Å². The van der Waals surface area contributed by atoms with Crippen LogP contribution in [-0.2, 0) is 28.7 Å². The molecule has 2 saturated heterocycles. The van der Waals surface area contributed by atoms with Gasteiger partial charge in [-0.1, -0.05) is 33.1 Å².